The molecule has 0 bridgehead atoms. The largest absolute Gasteiger partial charge is 0.277 e. The van der Waals surface area contributed by atoms with E-state index in [2.05, 4.69) is 9.97 Å². The molecule has 2 heterocycles. The molecule has 0 N–H and O–H groups in total. The second kappa shape index (κ2) is 4.83. The van der Waals surface area contributed by atoms with Gasteiger partial charge >= 0.3 is 0 Å². The minimum Gasteiger partial charge on any atom is -0.277 e. The molecule has 1 aromatic carbocycles. The Labute approximate surface area is 118 Å². The van der Waals surface area contributed by atoms with E-state index in [-0.39, 0.29) is 11.6 Å². The molecule has 0 aliphatic rings. The highest BCUT2D eigenvalue weighted by Crippen LogP contribution is 2.24. The second-order valence-electron chi connectivity index (χ2n) is 4.43. The summed E-state index contributed by atoms with van der Waals surface area (Å²) in [6, 6.07) is 5.80. The summed E-state index contributed by atoms with van der Waals surface area (Å²) < 4.78 is 28.8. The highest BCUT2D eigenvalue weighted by Gasteiger charge is 2.17. The molecule has 0 saturated carbocycles. The van der Waals surface area contributed by atoms with E-state index in [0.29, 0.717) is 17.0 Å². The number of hydrogen-bond donors (Lipinski definition) is 0. The number of alkyl halides is 1. The summed E-state index contributed by atoms with van der Waals surface area (Å²) in [5.41, 5.74) is 2.04. The number of pyridine rings is 1. The van der Waals surface area contributed by atoms with Crippen LogP contribution in [-0.2, 0) is 5.88 Å². The van der Waals surface area contributed by atoms with Crippen LogP contribution in [0, 0.1) is 18.6 Å². The maximum Gasteiger partial charge on any atom is 0.182 e. The van der Waals surface area contributed by atoms with Gasteiger partial charge in [-0.3, -0.25) is 4.57 Å². The van der Waals surface area contributed by atoms with Crippen LogP contribution in [0.5, 0.6) is 0 Å². The van der Waals surface area contributed by atoms with E-state index in [9.17, 15) is 8.78 Å². The molecule has 20 heavy (non-hydrogen) atoms. The Morgan fingerprint density at radius 3 is 2.85 bits per heavy atom. The SMILES string of the molecule is Cc1cnc2c(c1)nc(CCl)n2-c1cccc(F)c1F. The molecule has 102 valence electrons. The van der Waals surface area contributed by atoms with Crippen LogP contribution in [0.4, 0.5) is 8.78 Å². The van der Waals surface area contributed by atoms with E-state index in [4.69, 9.17) is 11.6 Å². The molecule has 3 aromatic rings. The van der Waals surface area contributed by atoms with Crippen molar-refractivity contribution >= 4 is 22.8 Å². The van der Waals surface area contributed by atoms with Gasteiger partial charge in [-0.2, -0.15) is 0 Å². The molecular formula is C14H10ClF2N3. The first kappa shape index (κ1) is 13.0. The minimum absolute atomic E-state index is 0.0551. The van der Waals surface area contributed by atoms with Crippen LogP contribution in [0.2, 0.25) is 0 Å². The molecule has 0 spiro atoms. The van der Waals surface area contributed by atoms with Crippen molar-refractivity contribution in [2.75, 3.05) is 0 Å². The molecule has 0 aliphatic carbocycles. The number of fused-ring (bicyclic) bond motifs is 1. The number of aromatic nitrogens is 3. The molecule has 0 amide bonds. The Bertz CT molecular complexity index is 798. The van der Waals surface area contributed by atoms with Gasteiger partial charge in [0.1, 0.15) is 11.3 Å². The van der Waals surface area contributed by atoms with E-state index in [1.807, 2.05) is 13.0 Å². The zero-order chi connectivity index (χ0) is 14.3. The first-order valence-electron chi connectivity index (χ1n) is 5.96. The summed E-state index contributed by atoms with van der Waals surface area (Å²) >= 11 is 5.86. The first-order valence-corrected chi connectivity index (χ1v) is 6.49. The molecule has 0 saturated heterocycles. The highest BCUT2D eigenvalue weighted by atomic mass is 35.5. The third kappa shape index (κ3) is 1.94. The molecule has 2 aromatic heterocycles. The maximum atomic E-state index is 14.0. The predicted molar refractivity (Wildman–Crippen MR) is 73.1 cm³/mol. The molecule has 0 unspecified atom stereocenters. The van der Waals surface area contributed by atoms with Crippen LogP contribution in [0.15, 0.2) is 30.5 Å². The molecule has 3 rings (SSSR count). The number of hydrogen-bond acceptors (Lipinski definition) is 2. The number of benzene rings is 1. The van der Waals surface area contributed by atoms with Gasteiger partial charge in [0.05, 0.1) is 11.6 Å². The normalized spacial score (nSPS) is 11.2. The van der Waals surface area contributed by atoms with Crippen molar-refractivity contribution in [3.8, 4) is 5.69 Å². The Kier molecular flexibility index (Phi) is 3.14. The summed E-state index contributed by atoms with van der Waals surface area (Å²) in [4.78, 5) is 8.57. The maximum absolute atomic E-state index is 14.0. The van der Waals surface area contributed by atoms with Crippen LogP contribution < -0.4 is 0 Å². The molecule has 3 nitrogen and oxygen atoms in total. The van der Waals surface area contributed by atoms with Gasteiger partial charge in [0.25, 0.3) is 0 Å². The van der Waals surface area contributed by atoms with Crippen LogP contribution in [0.1, 0.15) is 11.4 Å². The zero-order valence-electron chi connectivity index (χ0n) is 10.6. The summed E-state index contributed by atoms with van der Waals surface area (Å²) in [5, 5.41) is 0. The Hall–Kier alpha value is -2.01. The fourth-order valence-electron chi connectivity index (χ4n) is 2.12. The average Bonchev–Trinajstić information content (AvgIpc) is 2.79. The van der Waals surface area contributed by atoms with Gasteiger partial charge in [-0.1, -0.05) is 6.07 Å². The average molecular weight is 294 g/mol. The Morgan fingerprint density at radius 2 is 2.10 bits per heavy atom. The Balaban J connectivity index is 2.37. The molecule has 0 atom stereocenters. The quantitative estimate of drug-likeness (QED) is 0.674. The summed E-state index contributed by atoms with van der Waals surface area (Å²) in [6.07, 6.45) is 1.65. The van der Waals surface area contributed by atoms with Crippen molar-refractivity contribution in [1.29, 1.82) is 0 Å². The van der Waals surface area contributed by atoms with Crippen LogP contribution >= 0.6 is 11.6 Å². The topological polar surface area (TPSA) is 30.7 Å². The fourth-order valence-corrected chi connectivity index (χ4v) is 2.30. The molecule has 0 fully saturated rings. The van der Waals surface area contributed by atoms with Crippen molar-refractivity contribution in [2.24, 2.45) is 0 Å². The molecule has 6 heteroatoms. The van der Waals surface area contributed by atoms with Crippen LogP contribution in [-0.4, -0.2) is 14.5 Å². The van der Waals surface area contributed by atoms with Crippen molar-refractivity contribution in [1.82, 2.24) is 14.5 Å². The lowest BCUT2D eigenvalue weighted by atomic mass is 10.2. The third-order valence-electron chi connectivity index (χ3n) is 3.00. The lowest BCUT2D eigenvalue weighted by Crippen LogP contribution is -2.04. The van der Waals surface area contributed by atoms with Crippen molar-refractivity contribution in [2.45, 2.75) is 12.8 Å². The van der Waals surface area contributed by atoms with Crippen LogP contribution in [0.3, 0.4) is 0 Å². The predicted octanol–water partition coefficient (Wildman–Crippen LogP) is 3.75. The van der Waals surface area contributed by atoms with Gasteiger partial charge in [-0.15, -0.1) is 11.6 Å². The van der Waals surface area contributed by atoms with E-state index in [1.165, 1.54) is 16.7 Å². The van der Waals surface area contributed by atoms with Gasteiger partial charge in [-0.05, 0) is 30.7 Å². The number of rotatable bonds is 2. The van der Waals surface area contributed by atoms with Crippen molar-refractivity contribution < 1.29 is 8.78 Å². The van der Waals surface area contributed by atoms with Gasteiger partial charge in [-0.25, -0.2) is 18.7 Å². The zero-order valence-corrected chi connectivity index (χ0v) is 11.3. The smallest absolute Gasteiger partial charge is 0.182 e. The Morgan fingerprint density at radius 1 is 1.30 bits per heavy atom. The molecular weight excluding hydrogens is 284 g/mol. The van der Waals surface area contributed by atoms with Crippen molar-refractivity contribution in [3.05, 3.63) is 53.5 Å². The number of halogens is 3. The van der Waals surface area contributed by atoms with E-state index in [0.717, 1.165) is 11.6 Å². The van der Waals surface area contributed by atoms with Crippen LogP contribution in [0.25, 0.3) is 16.9 Å². The van der Waals surface area contributed by atoms with Crippen molar-refractivity contribution in [3.63, 3.8) is 0 Å². The summed E-state index contributed by atoms with van der Waals surface area (Å²) in [5.74, 6) is -1.37. The second-order valence-corrected chi connectivity index (χ2v) is 4.69. The van der Waals surface area contributed by atoms with Gasteiger partial charge in [0.2, 0.25) is 0 Å². The van der Waals surface area contributed by atoms with E-state index < -0.39 is 11.6 Å². The lowest BCUT2D eigenvalue weighted by molar-refractivity contribution is 0.504. The lowest BCUT2D eigenvalue weighted by Gasteiger charge is -2.08. The third-order valence-corrected chi connectivity index (χ3v) is 3.23. The van der Waals surface area contributed by atoms with E-state index in [1.54, 1.807) is 6.20 Å². The molecule has 0 aliphatic heterocycles. The highest BCUT2D eigenvalue weighted by molar-refractivity contribution is 6.16. The first-order chi connectivity index (χ1) is 9.61. The standard InChI is InChI=1S/C14H10ClF2N3/c1-8-5-10-14(18-7-8)20(12(6-15)19-10)11-4-2-3-9(16)13(11)17/h2-5,7H,6H2,1H3. The minimum atomic E-state index is -0.944. The number of nitrogens with zero attached hydrogens (tertiary/aromatic N) is 3. The number of aryl methyl sites for hydroxylation is 1. The van der Waals surface area contributed by atoms with Gasteiger partial charge in [0.15, 0.2) is 17.3 Å². The van der Waals surface area contributed by atoms with E-state index >= 15 is 0 Å². The summed E-state index contributed by atoms with van der Waals surface area (Å²) in [6.45, 7) is 1.88. The number of imidazole rings is 1. The fraction of sp³-hybridized carbons (Fsp3) is 0.143. The summed E-state index contributed by atoms with van der Waals surface area (Å²) in [7, 11) is 0. The van der Waals surface area contributed by atoms with Gasteiger partial charge < -0.3 is 0 Å². The monoisotopic (exact) mass is 293 g/mol. The molecule has 0 radical (unpaired) electrons. The van der Waals surface area contributed by atoms with Gasteiger partial charge in [0, 0.05) is 6.20 Å².